The number of ketones is 5. The molecule has 0 amide bonds. The summed E-state index contributed by atoms with van der Waals surface area (Å²) in [7, 11) is 0. The largest absolute Gasteiger partial charge is 0.382 e. The second-order valence-corrected chi connectivity index (χ2v) is 13.9. The average molecular weight is 788 g/mol. The summed E-state index contributed by atoms with van der Waals surface area (Å²) in [5.74, 6) is -7.40. The molecule has 8 rings (SSSR count). The fourth-order valence-electron chi connectivity index (χ4n) is 7.89. The zero-order valence-corrected chi connectivity index (χ0v) is 30.8. The number of nitrogens with zero attached hydrogens (tertiary/aromatic N) is 4. The van der Waals surface area contributed by atoms with Crippen LogP contribution in [0.15, 0.2) is 164 Å². The van der Waals surface area contributed by atoms with E-state index in [2.05, 4.69) is 15.0 Å². The van der Waals surface area contributed by atoms with Crippen molar-refractivity contribution in [2.45, 2.75) is 28.6 Å². The number of carbonyl (C=O) groups is 5. The molecule has 7 aromatic rings. The minimum Gasteiger partial charge on any atom is -0.382 e. The van der Waals surface area contributed by atoms with E-state index in [1.807, 2.05) is 0 Å². The highest BCUT2D eigenvalue weighted by atomic mass is 16.6. The second kappa shape index (κ2) is 14.5. The fraction of sp³-hybridized carbons (Fsp3) is 0.111. The van der Waals surface area contributed by atoms with Gasteiger partial charge in [-0.1, -0.05) is 152 Å². The van der Waals surface area contributed by atoms with Gasteiger partial charge in [0.2, 0.25) is 39.9 Å². The van der Waals surface area contributed by atoms with Crippen LogP contribution in [0, 0.1) is 0 Å². The van der Waals surface area contributed by atoms with Crippen molar-refractivity contribution in [3.8, 4) is 0 Å². The summed E-state index contributed by atoms with van der Waals surface area (Å²) in [4.78, 5) is 90.2. The van der Waals surface area contributed by atoms with E-state index in [0.29, 0.717) is 0 Å². The number of nitrogen functional groups attached to an aromatic ring is 1. The minimum atomic E-state index is -4.09. The lowest BCUT2D eigenvalue weighted by atomic mass is 9.59. The van der Waals surface area contributed by atoms with Crippen molar-refractivity contribution in [3.05, 3.63) is 192 Å². The van der Waals surface area contributed by atoms with Crippen molar-refractivity contribution in [3.63, 3.8) is 0 Å². The molecule has 0 radical (unpaired) electrons. The molecule has 1 fully saturated rings. The van der Waals surface area contributed by atoms with Crippen LogP contribution in [0.1, 0.15) is 51.8 Å². The highest BCUT2D eigenvalue weighted by Gasteiger charge is 2.91. The zero-order valence-electron chi connectivity index (χ0n) is 30.8. The van der Waals surface area contributed by atoms with E-state index in [-0.39, 0.29) is 39.2 Å². The number of rotatable bonds is 12. The van der Waals surface area contributed by atoms with Gasteiger partial charge in [-0.2, -0.15) is 0 Å². The molecule has 1 aliphatic heterocycles. The first-order chi connectivity index (χ1) is 28.4. The van der Waals surface area contributed by atoms with Crippen LogP contribution >= 0.6 is 0 Å². The first-order valence-electron chi connectivity index (χ1n) is 18.2. The number of hydrogen-bond donors (Lipinski definition) is 4. The molecule has 59 heavy (non-hydrogen) atoms. The van der Waals surface area contributed by atoms with Gasteiger partial charge in [0.1, 0.15) is 18.2 Å². The predicted molar refractivity (Wildman–Crippen MR) is 211 cm³/mol. The number of fused-ring (bicyclic) bond motifs is 1. The number of Topliss-reactive ketones (excluding diaryl/α,β-unsaturated/α-hetero) is 5. The van der Waals surface area contributed by atoms with Gasteiger partial charge in [-0.3, -0.25) is 28.5 Å². The van der Waals surface area contributed by atoms with Crippen molar-refractivity contribution in [2.24, 2.45) is 0 Å². The zero-order chi connectivity index (χ0) is 41.6. The lowest BCUT2D eigenvalue weighted by Gasteiger charge is -2.45. The Hall–Kier alpha value is -7.36. The van der Waals surface area contributed by atoms with Crippen LogP contribution in [-0.2, 0) is 10.5 Å². The minimum absolute atomic E-state index is 0.184. The van der Waals surface area contributed by atoms with Crippen molar-refractivity contribution in [2.75, 3.05) is 5.73 Å². The van der Waals surface area contributed by atoms with Crippen LogP contribution in [0.25, 0.3) is 11.2 Å². The molecule has 5 aromatic carbocycles. The molecule has 14 heteroatoms. The van der Waals surface area contributed by atoms with Crippen LogP contribution in [0.2, 0.25) is 0 Å². The number of hydrogen-bond acceptors (Lipinski definition) is 13. The molecular formula is C45H33N5O9. The molecule has 3 heterocycles. The van der Waals surface area contributed by atoms with Gasteiger partial charge in [-0.15, -0.1) is 0 Å². The van der Waals surface area contributed by atoms with E-state index in [9.17, 15) is 20.1 Å². The molecule has 1 saturated heterocycles. The Bertz CT molecular complexity index is 2700. The summed E-state index contributed by atoms with van der Waals surface area (Å²) in [6, 6.07) is 34.7. The van der Waals surface area contributed by atoms with E-state index in [1.165, 1.54) is 127 Å². The number of carbonyl (C=O) groups excluding carboxylic acids is 5. The maximum atomic E-state index is 15.8. The van der Waals surface area contributed by atoms with E-state index < -0.39 is 63.1 Å². The SMILES string of the molecule is Nc1ncnc2c1ncn2[C@]1(C(=O)c2ccccc2)O[C@](C(=O)c2ccccc2)(C(O)C(=O)c2ccccc2)[C@](O)(C(=O)c2ccccc2)[C@]1(O)C(=O)c1ccccc1. The molecule has 5 N–H and O–H groups in total. The predicted octanol–water partition coefficient (Wildman–Crippen LogP) is 4.07. The smallest absolute Gasteiger partial charge is 0.253 e. The highest BCUT2D eigenvalue weighted by Crippen LogP contribution is 2.61. The monoisotopic (exact) mass is 787 g/mol. The maximum absolute atomic E-state index is 15.8. The average Bonchev–Trinajstić information content (AvgIpc) is 3.82. The van der Waals surface area contributed by atoms with Gasteiger partial charge in [0.25, 0.3) is 5.72 Å². The maximum Gasteiger partial charge on any atom is 0.253 e. The van der Waals surface area contributed by atoms with Crippen molar-refractivity contribution < 1.29 is 44.0 Å². The summed E-state index contributed by atoms with van der Waals surface area (Å²) < 4.78 is 7.56. The Morgan fingerprint density at radius 2 is 0.949 bits per heavy atom. The number of benzene rings is 5. The first kappa shape index (κ1) is 38.5. The van der Waals surface area contributed by atoms with Crippen LogP contribution in [0.4, 0.5) is 5.82 Å². The fourth-order valence-corrected chi connectivity index (χ4v) is 7.89. The number of nitrogens with two attached hydrogens (primary N) is 1. The molecule has 1 aliphatic rings. The number of aliphatic hydroxyl groups excluding tert-OH is 1. The van der Waals surface area contributed by atoms with Gasteiger partial charge in [0.05, 0.1) is 0 Å². The van der Waals surface area contributed by atoms with Gasteiger partial charge in [0, 0.05) is 27.8 Å². The molecule has 5 atom stereocenters. The number of ether oxygens (including phenoxy) is 1. The van der Waals surface area contributed by atoms with Crippen molar-refractivity contribution in [1.82, 2.24) is 19.5 Å². The Morgan fingerprint density at radius 3 is 1.42 bits per heavy atom. The van der Waals surface area contributed by atoms with Gasteiger partial charge in [0.15, 0.2) is 23.4 Å². The van der Waals surface area contributed by atoms with Crippen molar-refractivity contribution >= 4 is 45.9 Å². The van der Waals surface area contributed by atoms with Gasteiger partial charge in [-0.25, -0.2) is 15.0 Å². The third-order valence-corrected chi connectivity index (χ3v) is 10.7. The summed E-state index contributed by atoms with van der Waals surface area (Å²) in [5, 5.41) is 40.9. The summed E-state index contributed by atoms with van der Waals surface area (Å²) in [5.41, 5.74) is -11.4. The number of imidazole rings is 1. The molecule has 0 bridgehead atoms. The lowest BCUT2D eigenvalue weighted by molar-refractivity contribution is -0.166. The molecule has 2 aromatic heterocycles. The number of aliphatic hydroxyl groups is 3. The van der Waals surface area contributed by atoms with E-state index in [4.69, 9.17) is 10.5 Å². The van der Waals surface area contributed by atoms with Crippen LogP contribution in [0.3, 0.4) is 0 Å². The Labute approximate surface area is 335 Å². The quantitative estimate of drug-likeness (QED) is 0.128. The Morgan fingerprint density at radius 1 is 0.542 bits per heavy atom. The van der Waals surface area contributed by atoms with Crippen molar-refractivity contribution in [1.29, 1.82) is 0 Å². The first-order valence-corrected chi connectivity index (χ1v) is 18.2. The molecule has 0 spiro atoms. The molecule has 0 saturated carbocycles. The number of aromatic nitrogens is 4. The van der Waals surface area contributed by atoms with Crippen LogP contribution in [-0.4, -0.2) is 86.7 Å². The summed E-state index contributed by atoms with van der Waals surface area (Å²) in [6.07, 6.45) is -1.05. The Kier molecular flexibility index (Phi) is 9.49. The third kappa shape index (κ3) is 5.42. The van der Waals surface area contributed by atoms with Crippen LogP contribution < -0.4 is 5.73 Å². The third-order valence-electron chi connectivity index (χ3n) is 10.7. The van der Waals surface area contributed by atoms with Gasteiger partial charge < -0.3 is 25.8 Å². The topological polar surface area (TPSA) is 225 Å². The summed E-state index contributed by atoms with van der Waals surface area (Å²) >= 11 is 0. The van der Waals surface area contributed by atoms with E-state index in [1.54, 1.807) is 24.3 Å². The standard InChI is InChI=1S/C45H33N5O9/c46-40-33-41(48-26-47-40)50(27-49-33)45(38(55)32-24-14-5-15-25-32)44(58,37(54)31-22-12-4-13-23-31)43(57,36(53)30-20-10-3-11-21-30)42(59-45,35(52)29-18-8-2-9-19-29)39(56)34(51)28-16-6-1-7-17-28/h1-27,39,56-58H,(H2,46,47,48)/t39?,42-,43-,44-,45-/m1/s1. The Balaban J connectivity index is 1.62. The molecule has 1 unspecified atom stereocenters. The second-order valence-electron chi connectivity index (χ2n) is 13.9. The van der Waals surface area contributed by atoms with Crippen LogP contribution in [0.5, 0.6) is 0 Å². The number of anilines is 1. The van der Waals surface area contributed by atoms with Gasteiger partial charge >= 0.3 is 0 Å². The van der Waals surface area contributed by atoms with Gasteiger partial charge in [-0.05, 0) is 0 Å². The molecule has 14 nitrogen and oxygen atoms in total. The normalized spacial score (nSPS) is 23.0. The van der Waals surface area contributed by atoms with E-state index in [0.717, 1.165) is 17.2 Å². The summed E-state index contributed by atoms with van der Waals surface area (Å²) in [6.45, 7) is 0. The lowest BCUT2D eigenvalue weighted by Crippen LogP contribution is -2.78. The molecular weight excluding hydrogens is 755 g/mol. The highest BCUT2D eigenvalue weighted by molar-refractivity contribution is 6.24. The van der Waals surface area contributed by atoms with E-state index >= 15 is 19.2 Å². The molecule has 0 aliphatic carbocycles. The molecule has 292 valence electrons.